The Kier molecular flexibility index (Phi) is 4.84. The lowest BCUT2D eigenvalue weighted by Crippen LogP contribution is -2.31. The number of sulfonamides is 1. The first-order chi connectivity index (χ1) is 5.52. The van der Waals surface area contributed by atoms with E-state index >= 15 is 0 Å². The molecule has 1 radical (unpaired) electrons. The van der Waals surface area contributed by atoms with Crippen LogP contribution in [0.4, 0.5) is 0 Å². The Balaban J connectivity index is 3.97. The number of hydrogen-bond acceptors (Lipinski definition) is 4. The Hall–Kier alpha value is -0.620. The van der Waals surface area contributed by atoms with Gasteiger partial charge in [0.2, 0.25) is 10.0 Å². The zero-order chi connectivity index (χ0) is 9.61. The molecular formula is C6H12NO4S. The van der Waals surface area contributed by atoms with E-state index in [1.54, 1.807) is 0 Å². The van der Waals surface area contributed by atoms with Gasteiger partial charge in [-0.25, -0.2) is 13.1 Å². The Bertz CT molecular complexity index is 224. The summed E-state index contributed by atoms with van der Waals surface area (Å²) in [6.45, 7) is 1.83. The average molecular weight is 194 g/mol. The third kappa shape index (κ3) is 5.09. The smallest absolute Gasteiger partial charge is 0.323 e. The van der Waals surface area contributed by atoms with Gasteiger partial charge >= 0.3 is 6.41 Å². The normalized spacial score (nSPS) is 13.8. The van der Waals surface area contributed by atoms with Gasteiger partial charge in [-0.05, 0) is 6.42 Å². The maximum atomic E-state index is 10.8. The molecule has 0 aromatic rings. The van der Waals surface area contributed by atoms with Crippen molar-refractivity contribution < 1.29 is 18.3 Å². The van der Waals surface area contributed by atoms with Crippen LogP contribution in [0.15, 0.2) is 0 Å². The van der Waals surface area contributed by atoms with Crippen molar-refractivity contribution in [2.24, 2.45) is 0 Å². The Morgan fingerprint density at radius 2 is 2.17 bits per heavy atom. The van der Waals surface area contributed by atoms with Crippen LogP contribution in [0.1, 0.15) is 19.8 Å². The first-order valence-corrected chi connectivity index (χ1v) is 5.21. The molecule has 0 saturated heterocycles. The molecule has 1 unspecified atom stereocenters. The molecule has 0 saturated carbocycles. The average Bonchev–Trinajstić information content (AvgIpc) is 1.85. The van der Waals surface area contributed by atoms with E-state index in [0.717, 1.165) is 6.41 Å². The Morgan fingerprint density at radius 3 is 2.58 bits per heavy atom. The zero-order valence-corrected chi connectivity index (χ0v) is 7.60. The van der Waals surface area contributed by atoms with Gasteiger partial charge in [0, 0.05) is 0 Å². The highest BCUT2D eigenvalue weighted by atomic mass is 32.2. The summed E-state index contributed by atoms with van der Waals surface area (Å²) in [5.74, 6) is -0.448. The molecule has 12 heavy (non-hydrogen) atoms. The summed E-state index contributed by atoms with van der Waals surface area (Å²) in [6.07, 6.45) is 1.24. The third-order valence-corrected chi connectivity index (χ3v) is 2.45. The molecule has 1 atom stereocenters. The highest BCUT2D eigenvalue weighted by Gasteiger charge is 2.15. The molecule has 1 amide bonds. The quantitative estimate of drug-likeness (QED) is 0.539. The van der Waals surface area contributed by atoms with Gasteiger partial charge in [0.15, 0.2) is 0 Å². The lowest BCUT2D eigenvalue weighted by molar-refractivity contribution is 0.186. The fraction of sp³-hybridized carbons (Fsp3) is 0.833. The van der Waals surface area contributed by atoms with Crippen LogP contribution in [0.5, 0.6) is 0 Å². The van der Waals surface area contributed by atoms with E-state index in [4.69, 9.17) is 5.11 Å². The molecule has 0 heterocycles. The summed E-state index contributed by atoms with van der Waals surface area (Å²) >= 11 is 0. The van der Waals surface area contributed by atoms with Gasteiger partial charge in [-0.3, -0.25) is 4.79 Å². The largest absolute Gasteiger partial charge is 0.392 e. The number of nitrogens with one attached hydrogen (secondary N) is 1. The predicted octanol–water partition coefficient (Wildman–Crippen LogP) is -0.866. The second-order valence-electron chi connectivity index (χ2n) is 2.43. The van der Waals surface area contributed by atoms with Crippen molar-refractivity contribution in [3.8, 4) is 0 Å². The maximum Gasteiger partial charge on any atom is 0.323 e. The first kappa shape index (κ1) is 11.4. The molecule has 0 bridgehead atoms. The summed E-state index contributed by atoms with van der Waals surface area (Å²) in [7, 11) is -3.68. The molecule has 0 aromatic carbocycles. The molecule has 0 spiro atoms. The Labute approximate surface area is 71.8 Å². The van der Waals surface area contributed by atoms with Crippen LogP contribution in [-0.2, 0) is 14.8 Å². The number of aliphatic hydroxyl groups excluding tert-OH is 1. The minimum atomic E-state index is -3.68. The van der Waals surface area contributed by atoms with Gasteiger partial charge in [-0.15, -0.1) is 0 Å². The summed E-state index contributed by atoms with van der Waals surface area (Å²) < 4.78 is 23.1. The number of aliphatic hydroxyl groups is 1. The number of rotatable bonds is 6. The highest BCUT2D eigenvalue weighted by Crippen LogP contribution is 1.98. The molecule has 0 aliphatic rings. The fourth-order valence-electron chi connectivity index (χ4n) is 0.775. The molecule has 2 N–H and O–H groups in total. The lowest BCUT2D eigenvalue weighted by Gasteiger charge is -2.07. The molecule has 0 aromatic heterocycles. The first-order valence-electron chi connectivity index (χ1n) is 3.56. The summed E-state index contributed by atoms with van der Waals surface area (Å²) in [6, 6.07) is 0. The van der Waals surface area contributed by atoms with Gasteiger partial charge in [-0.2, -0.15) is 0 Å². The van der Waals surface area contributed by atoms with Gasteiger partial charge < -0.3 is 5.11 Å². The fourth-order valence-corrected chi connectivity index (χ4v) is 1.66. The van der Waals surface area contributed by atoms with Gasteiger partial charge in [0.25, 0.3) is 0 Å². The zero-order valence-electron chi connectivity index (χ0n) is 6.78. The molecule has 6 heteroatoms. The van der Waals surface area contributed by atoms with E-state index in [0.29, 0.717) is 12.8 Å². The molecule has 0 aliphatic carbocycles. The van der Waals surface area contributed by atoms with Crippen LogP contribution < -0.4 is 4.72 Å². The van der Waals surface area contributed by atoms with E-state index in [2.05, 4.69) is 0 Å². The van der Waals surface area contributed by atoms with Crippen LogP contribution in [0.3, 0.4) is 0 Å². The van der Waals surface area contributed by atoms with E-state index in [9.17, 15) is 13.2 Å². The van der Waals surface area contributed by atoms with Crippen molar-refractivity contribution in [1.29, 1.82) is 0 Å². The molecule has 5 nitrogen and oxygen atoms in total. The number of carbonyl (C=O) groups excluding carboxylic acids is 1. The van der Waals surface area contributed by atoms with Crippen molar-refractivity contribution in [2.75, 3.05) is 5.75 Å². The topological polar surface area (TPSA) is 83.5 Å². The summed E-state index contributed by atoms with van der Waals surface area (Å²) in [5.41, 5.74) is 0. The van der Waals surface area contributed by atoms with Crippen LogP contribution in [0.2, 0.25) is 0 Å². The SMILES string of the molecule is CCCC(O)CS(=O)(=O)N[C]=O. The van der Waals surface area contributed by atoms with Crippen LogP contribution in [-0.4, -0.2) is 31.8 Å². The van der Waals surface area contributed by atoms with Crippen molar-refractivity contribution >= 4 is 16.4 Å². The van der Waals surface area contributed by atoms with Gasteiger partial charge in [0.05, 0.1) is 11.9 Å². The molecule has 71 valence electrons. The molecule has 0 rings (SSSR count). The van der Waals surface area contributed by atoms with Crippen molar-refractivity contribution in [1.82, 2.24) is 4.72 Å². The molecule has 0 fully saturated rings. The van der Waals surface area contributed by atoms with Crippen molar-refractivity contribution in [3.05, 3.63) is 0 Å². The van der Waals surface area contributed by atoms with E-state index in [1.165, 1.54) is 4.72 Å². The molecule has 0 aliphatic heterocycles. The Morgan fingerprint density at radius 1 is 1.58 bits per heavy atom. The summed E-state index contributed by atoms with van der Waals surface area (Å²) in [4.78, 5) is 9.66. The number of hydrogen-bond donors (Lipinski definition) is 2. The predicted molar refractivity (Wildman–Crippen MR) is 43.5 cm³/mol. The second-order valence-corrected chi connectivity index (χ2v) is 4.19. The van der Waals surface area contributed by atoms with Crippen molar-refractivity contribution in [2.45, 2.75) is 25.9 Å². The van der Waals surface area contributed by atoms with Crippen molar-refractivity contribution in [3.63, 3.8) is 0 Å². The molecular weight excluding hydrogens is 182 g/mol. The second kappa shape index (κ2) is 5.10. The van der Waals surface area contributed by atoms with E-state index in [-0.39, 0.29) is 0 Å². The maximum absolute atomic E-state index is 10.8. The third-order valence-electron chi connectivity index (χ3n) is 1.23. The number of amides is 1. The van der Waals surface area contributed by atoms with Gasteiger partial charge in [0.1, 0.15) is 0 Å². The van der Waals surface area contributed by atoms with E-state index in [1.807, 2.05) is 6.92 Å². The minimum Gasteiger partial charge on any atom is -0.392 e. The highest BCUT2D eigenvalue weighted by molar-refractivity contribution is 7.90. The summed E-state index contributed by atoms with van der Waals surface area (Å²) in [5, 5.41) is 9.06. The monoisotopic (exact) mass is 194 g/mol. The van der Waals surface area contributed by atoms with Crippen LogP contribution in [0.25, 0.3) is 0 Å². The van der Waals surface area contributed by atoms with Gasteiger partial charge in [-0.1, -0.05) is 13.3 Å². The van der Waals surface area contributed by atoms with E-state index < -0.39 is 21.9 Å². The van der Waals surface area contributed by atoms with Crippen LogP contribution in [0, 0.1) is 0 Å². The lowest BCUT2D eigenvalue weighted by atomic mass is 10.2. The minimum absolute atomic E-state index is 0.403. The standard InChI is InChI=1S/C6H12NO4S/c1-2-3-6(9)4-12(10,11)7-5-8/h6,9H,2-4H2,1H3,(H,7,8). The van der Waals surface area contributed by atoms with Crippen LogP contribution >= 0.6 is 0 Å².